The smallest absolute Gasteiger partial charge is 0.0746 e. The van der Waals surface area contributed by atoms with Crippen molar-refractivity contribution in [1.82, 2.24) is 5.43 Å². The van der Waals surface area contributed by atoms with E-state index in [1.54, 1.807) is 0 Å². The summed E-state index contributed by atoms with van der Waals surface area (Å²) in [5, 5.41) is 0. The van der Waals surface area contributed by atoms with E-state index in [1.807, 2.05) is 0 Å². The Hall–Kier alpha value is -0.160. The van der Waals surface area contributed by atoms with Gasteiger partial charge in [0.1, 0.15) is 0 Å². The molecular weight excluding hydrogens is 204 g/mol. The summed E-state index contributed by atoms with van der Waals surface area (Å²) in [6.45, 7) is 3.07. The fourth-order valence-electron chi connectivity index (χ4n) is 2.74. The van der Waals surface area contributed by atoms with Crippen LogP contribution in [0.25, 0.3) is 0 Å². The molecule has 0 aromatic carbocycles. The van der Waals surface area contributed by atoms with Gasteiger partial charge in [-0.3, -0.25) is 11.3 Å². The number of nitrogens with one attached hydrogen (secondary N) is 1. The van der Waals surface area contributed by atoms with Crippen molar-refractivity contribution in [3.63, 3.8) is 0 Å². The van der Waals surface area contributed by atoms with Crippen LogP contribution in [0.3, 0.4) is 0 Å². The summed E-state index contributed by atoms with van der Waals surface area (Å²) in [6, 6.07) is 0.286. The van der Waals surface area contributed by atoms with Crippen molar-refractivity contribution in [2.45, 2.75) is 69.8 Å². The Morgan fingerprint density at radius 3 is 2.81 bits per heavy atom. The van der Waals surface area contributed by atoms with Gasteiger partial charge in [0.2, 0.25) is 0 Å². The van der Waals surface area contributed by atoms with E-state index < -0.39 is 0 Å². The van der Waals surface area contributed by atoms with Gasteiger partial charge in [0.05, 0.1) is 18.3 Å². The van der Waals surface area contributed by atoms with Crippen molar-refractivity contribution < 1.29 is 9.47 Å². The average Bonchev–Trinajstić information content (AvgIpc) is 2.91. The molecule has 0 aromatic heterocycles. The van der Waals surface area contributed by atoms with Crippen molar-refractivity contribution in [2.75, 3.05) is 6.61 Å². The lowest BCUT2D eigenvalue weighted by atomic mass is 10.0. The van der Waals surface area contributed by atoms with Gasteiger partial charge < -0.3 is 9.47 Å². The molecular formula is C12H24N2O2. The zero-order valence-corrected chi connectivity index (χ0v) is 10.2. The zero-order valence-electron chi connectivity index (χ0n) is 10.2. The van der Waals surface area contributed by atoms with Crippen molar-refractivity contribution in [3.8, 4) is 0 Å². The maximum Gasteiger partial charge on any atom is 0.0746 e. The first-order valence-corrected chi connectivity index (χ1v) is 6.53. The Labute approximate surface area is 97.8 Å². The summed E-state index contributed by atoms with van der Waals surface area (Å²) < 4.78 is 11.5. The van der Waals surface area contributed by atoms with Gasteiger partial charge in [0, 0.05) is 12.6 Å². The van der Waals surface area contributed by atoms with Crippen LogP contribution in [0.4, 0.5) is 0 Å². The van der Waals surface area contributed by atoms with Crippen LogP contribution in [0.2, 0.25) is 0 Å². The van der Waals surface area contributed by atoms with Gasteiger partial charge in [-0.25, -0.2) is 0 Å². The van der Waals surface area contributed by atoms with Crippen molar-refractivity contribution in [3.05, 3.63) is 0 Å². The second-order valence-electron chi connectivity index (χ2n) is 5.05. The highest BCUT2D eigenvalue weighted by Gasteiger charge is 2.29. The molecule has 2 aliphatic heterocycles. The Bertz CT molecular complexity index is 207. The maximum absolute atomic E-state index is 5.85. The van der Waals surface area contributed by atoms with E-state index in [1.165, 1.54) is 12.8 Å². The fourth-order valence-corrected chi connectivity index (χ4v) is 2.74. The molecule has 2 aliphatic rings. The minimum atomic E-state index is 0.286. The molecule has 4 atom stereocenters. The summed E-state index contributed by atoms with van der Waals surface area (Å²) in [6.07, 6.45) is 7.99. The van der Waals surface area contributed by atoms with Gasteiger partial charge in [-0.05, 0) is 45.4 Å². The van der Waals surface area contributed by atoms with Crippen molar-refractivity contribution in [1.29, 1.82) is 0 Å². The predicted octanol–water partition coefficient (Wildman–Crippen LogP) is 1.34. The maximum atomic E-state index is 5.85. The second-order valence-corrected chi connectivity index (χ2v) is 5.05. The second kappa shape index (κ2) is 5.96. The van der Waals surface area contributed by atoms with Crippen LogP contribution in [0, 0.1) is 0 Å². The third kappa shape index (κ3) is 3.17. The average molecular weight is 228 g/mol. The Kier molecular flexibility index (Phi) is 4.58. The van der Waals surface area contributed by atoms with Crippen molar-refractivity contribution >= 4 is 0 Å². The summed E-state index contributed by atoms with van der Waals surface area (Å²) in [5.74, 6) is 5.61. The van der Waals surface area contributed by atoms with Gasteiger partial charge >= 0.3 is 0 Å². The first-order chi connectivity index (χ1) is 7.79. The molecule has 0 amide bonds. The normalized spacial score (nSPS) is 36.8. The number of hydrazine groups is 1. The fraction of sp³-hybridized carbons (Fsp3) is 1.00. The summed E-state index contributed by atoms with van der Waals surface area (Å²) >= 11 is 0. The van der Waals surface area contributed by atoms with Crippen LogP contribution < -0.4 is 11.3 Å². The van der Waals surface area contributed by atoms with Gasteiger partial charge in [0.15, 0.2) is 0 Å². The standard InChI is InChI=1S/C12H24N2O2/c1-9-4-7-12(16-9)11(14-13)6-5-10-3-2-8-15-10/h9-12,14H,2-8,13H2,1H3. The first-order valence-electron chi connectivity index (χ1n) is 6.53. The molecule has 4 heteroatoms. The molecule has 0 bridgehead atoms. The largest absolute Gasteiger partial charge is 0.378 e. The van der Waals surface area contributed by atoms with E-state index in [9.17, 15) is 0 Å². The molecule has 4 unspecified atom stereocenters. The summed E-state index contributed by atoms with van der Waals surface area (Å²) in [4.78, 5) is 0. The van der Waals surface area contributed by atoms with Crippen LogP contribution in [-0.2, 0) is 9.47 Å². The molecule has 2 rings (SSSR count). The molecule has 16 heavy (non-hydrogen) atoms. The van der Waals surface area contributed by atoms with E-state index in [0.717, 1.165) is 32.3 Å². The Morgan fingerprint density at radius 1 is 1.38 bits per heavy atom. The van der Waals surface area contributed by atoms with E-state index in [2.05, 4.69) is 12.3 Å². The van der Waals surface area contributed by atoms with E-state index in [0.29, 0.717) is 18.3 Å². The van der Waals surface area contributed by atoms with Crippen LogP contribution in [-0.4, -0.2) is 31.0 Å². The number of rotatable bonds is 5. The molecule has 0 aliphatic carbocycles. The number of nitrogens with two attached hydrogens (primary N) is 1. The minimum absolute atomic E-state index is 0.286. The first kappa shape index (κ1) is 12.3. The highest BCUT2D eigenvalue weighted by atomic mass is 16.5. The van der Waals surface area contributed by atoms with E-state index >= 15 is 0 Å². The lowest BCUT2D eigenvalue weighted by Gasteiger charge is -2.23. The lowest BCUT2D eigenvalue weighted by molar-refractivity contribution is 0.0243. The summed E-state index contributed by atoms with van der Waals surface area (Å²) in [7, 11) is 0. The molecule has 4 nitrogen and oxygen atoms in total. The quantitative estimate of drug-likeness (QED) is 0.551. The van der Waals surface area contributed by atoms with Gasteiger partial charge in [-0.15, -0.1) is 0 Å². The molecule has 2 heterocycles. The highest BCUT2D eigenvalue weighted by molar-refractivity contribution is 4.82. The number of hydrogen-bond acceptors (Lipinski definition) is 4. The predicted molar refractivity (Wildman–Crippen MR) is 62.9 cm³/mol. The minimum Gasteiger partial charge on any atom is -0.378 e. The highest BCUT2D eigenvalue weighted by Crippen LogP contribution is 2.25. The molecule has 3 N–H and O–H groups in total. The van der Waals surface area contributed by atoms with E-state index in [-0.39, 0.29) is 6.04 Å². The zero-order chi connectivity index (χ0) is 11.4. The van der Waals surface area contributed by atoms with Crippen LogP contribution >= 0.6 is 0 Å². The van der Waals surface area contributed by atoms with Crippen LogP contribution in [0.1, 0.15) is 45.4 Å². The molecule has 0 spiro atoms. The molecule has 0 aromatic rings. The van der Waals surface area contributed by atoms with Crippen LogP contribution in [0.5, 0.6) is 0 Å². The monoisotopic (exact) mass is 228 g/mol. The number of hydrogen-bond donors (Lipinski definition) is 2. The summed E-state index contributed by atoms with van der Waals surface area (Å²) in [5.41, 5.74) is 2.91. The third-order valence-corrected chi connectivity index (χ3v) is 3.75. The topological polar surface area (TPSA) is 56.5 Å². The Balaban J connectivity index is 1.72. The third-order valence-electron chi connectivity index (χ3n) is 3.75. The number of ether oxygens (including phenoxy) is 2. The lowest BCUT2D eigenvalue weighted by Crippen LogP contribution is -2.44. The van der Waals surface area contributed by atoms with Crippen molar-refractivity contribution in [2.24, 2.45) is 5.84 Å². The molecule has 2 saturated heterocycles. The molecule has 2 fully saturated rings. The SMILES string of the molecule is CC1CCC(C(CCC2CCCO2)NN)O1. The van der Waals surface area contributed by atoms with Crippen LogP contribution in [0.15, 0.2) is 0 Å². The van der Waals surface area contributed by atoms with Gasteiger partial charge in [0.25, 0.3) is 0 Å². The van der Waals surface area contributed by atoms with E-state index in [4.69, 9.17) is 15.3 Å². The molecule has 0 saturated carbocycles. The molecule has 94 valence electrons. The molecule has 0 radical (unpaired) electrons. The van der Waals surface area contributed by atoms with Gasteiger partial charge in [-0.2, -0.15) is 0 Å². The van der Waals surface area contributed by atoms with Gasteiger partial charge in [-0.1, -0.05) is 0 Å². The Morgan fingerprint density at radius 2 is 2.25 bits per heavy atom.